The summed E-state index contributed by atoms with van der Waals surface area (Å²) in [4.78, 5) is 4.42. The first kappa shape index (κ1) is 12.6. The molecule has 0 unspecified atom stereocenters. The van der Waals surface area contributed by atoms with Gasteiger partial charge in [-0.15, -0.1) is 0 Å². The van der Waals surface area contributed by atoms with E-state index in [0.29, 0.717) is 0 Å². The third-order valence-corrected chi connectivity index (χ3v) is 2.93. The van der Waals surface area contributed by atoms with E-state index >= 15 is 0 Å². The number of benzene rings is 1. The molecule has 0 spiro atoms. The first-order chi connectivity index (χ1) is 8.66. The van der Waals surface area contributed by atoms with Crippen LogP contribution in [-0.2, 0) is 6.54 Å². The molecule has 0 aliphatic carbocycles. The van der Waals surface area contributed by atoms with Crippen molar-refractivity contribution in [2.75, 3.05) is 5.32 Å². The topological polar surface area (TPSA) is 50.9 Å². The van der Waals surface area contributed by atoms with Crippen LogP contribution in [0.2, 0.25) is 0 Å². The highest BCUT2D eigenvalue weighted by molar-refractivity contribution is 5.45. The second-order valence-electron chi connectivity index (χ2n) is 4.56. The number of hydrogen-bond acceptors (Lipinski definition) is 3. The van der Waals surface area contributed by atoms with Crippen molar-refractivity contribution in [2.24, 2.45) is 5.73 Å². The minimum atomic E-state index is 0.0272. The van der Waals surface area contributed by atoms with Gasteiger partial charge < -0.3 is 11.1 Å². The lowest BCUT2D eigenvalue weighted by molar-refractivity contribution is 0.809. The van der Waals surface area contributed by atoms with Crippen molar-refractivity contribution in [3.8, 4) is 0 Å². The van der Waals surface area contributed by atoms with E-state index in [1.54, 1.807) is 0 Å². The summed E-state index contributed by atoms with van der Waals surface area (Å²) < 4.78 is 0. The second-order valence-corrected chi connectivity index (χ2v) is 4.56. The molecule has 0 saturated carbocycles. The van der Waals surface area contributed by atoms with Crippen LogP contribution in [0.4, 0.5) is 5.82 Å². The summed E-state index contributed by atoms with van der Waals surface area (Å²) in [6, 6.07) is 12.4. The molecule has 0 bridgehead atoms. The number of aromatic nitrogens is 1. The van der Waals surface area contributed by atoms with Crippen LogP contribution in [0.1, 0.15) is 29.7 Å². The molecule has 1 heterocycles. The third-order valence-electron chi connectivity index (χ3n) is 2.93. The van der Waals surface area contributed by atoms with Gasteiger partial charge in [0.1, 0.15) is 5.82 Å². The fraction of sp³-hybridized carbons (Fsp3) is 0.267. The average Bonchev–Trinajstić information content (AvgIpc) is 2.38. The number of nitrogens with two attached hydrogens (primary N) is 1. The van der Waals surface area contributed by atoms with Crippen LogP contribution in [0.15, 0.2) is 42.6 Å². The maximum Gasteiger partial charge on any atom is 0.129 e. The van der Waals surface area contributed by atoms with Gasteiger partial charge in [0.05, 0.1) is 0 Å². The van der Waals surface area contributed by atoms with E-state index < -0.39 is 0 Å². The molecule has 1 atom stereocenters. The second kappa shape index (κ2) is 5.65. The highest BCUT2D eigenvalue weighted by Gasteiger charge is 2.04. The highest BCUT2D eigenvalue weighted by Crippen LogP contribution is 2.17. The zero-order valence-electron chi connectivity index (χ0n) is 10.9. The molecule has 0 saturated heterocycles. The molecule has 3 N–H and O–H groups in total. The molecule has 18 heavy (non-hydrogen) atoms. The molecular formula is C15H19N3. The molecule has 94 valence electrons. The van der Waals surface area contributed by atoms with E-state index in [9.17, 15) is 0 Å². The van der Waals surface area contributed by atoms with E-state index in [-0.39, 0.29) is 6.04 Å². The Hall–Kier alpha value is -1.87. The maximum atomic E-state index is 5.84. The number of anilines is 1. The Morgan fingerprint density at radius 1 is 1.28 bits per heavy atom. The predicted molar refractivity (Wildman–Crippen MR) is 75.3 cm³/mol. The van der Waals surface area contributed by atoms with Crippen molar-refractivity contribution in [1.82, 2.24) is 4.98 Å². The summed E-state index contributed by atoms with van der Waals surface area (Å²) in [5, 5.41) is 3.34. The summed E-state index contributed by atoms with van der Waals surface area (Å²) in [6.45, 7) is 4.80. The van der Waals surface area contributed by atoms with Crippen LogP contribution >= 0.6 is 0 Å². The third kappa shape index (κ3) is 3.08. The Morgan fingerprint density at radius 3 is 2.61 bits per heavy atom. The van der Waals surface area contributed by atoms with Gasteiger partial charge in [0, 0.05) is 18.8 Å². The number of rotatable bonds is 4. The zero-order chi connectivity index (χ0) is 13.0. The highest BCUT2D eigenvalue weighted by atomic mass is 15.0. The van der Waals surface area contributed by atoms with Gasteiger partial charge in [0.2, 0.25) is 0 Å². The SMILES string of the molecule is Cc1cc([C@H](C)N)cnc1NCc1ccccc1. The zero-order valence-corrected chi connectivity index (χ0v) is 10.9. The molecule has 1 aromatic carbocycles. The molecule has 3 heteroatoms. The van der Waals surface area contributed by atoms with Gasteiger partial charge in [-0.3, -0.25) is 0 Å². The van der Waals surface area contributed by atoms with Crippen molar-refractivity contribution in [3.05, 3.63) is 59.3 Å². The van der Waals surface area contributed by atoms with Gasteiger partial charge in [-0.25, -0.2) is 4.98 Å². The fourth-order valence-corrected chi connectivity index (χ4v) is 1.81. The molecule has 0 aliphatic rings. The van der Waals surface area contributed by atoms with E-state index in [2.05, 4.69) is 28.5 Å². The molecule has 0 amide bonds. The van der Waals surface area contributed by atoms with Crippen LogP contribution in [0.3, 0.4) is 0 Å². The summed E-state index contributed by atoms with van der Waals surface area (Å²) in [6.07, 6.45) is 1.84. The molecule has 3 nitrogen and oxygen atoms in total. The quantitative estimate of drug-likeness (QED) is 0.865. The van der Waals surface area contributed by atoms with E-state index in [1.165, 1.54) is 5.56 Å². The van der Waals surface area contributed by atoms with E-state index in [0.717, 1.165) is 23.5 Å². The summed E-state index contributed by atoms with van der Waals surface area (Å²) in [7, 11) is 0. The van der Waals surface area contributed by atoms with Crippen LogP contribution in [0, 0.1) is 6.92 Å². The Bertz CT molecular complexity index is 506. The summed E-state index contributed by atoms with van der Waals surface area (Å²) in [5.41, 5.74) is 9.28. The van der Waals surface area contributed by atoms with Gasteiger partial charge in [-0.1, -0.05) is 30.3 Å². The van der Waals surface area contributed by atoms with Gasteiger partial charge in [-0.2, -0.15) is 0 Å². The first-order valence-electron chi connectivity index (χ1n) is 6.16. The normalized spacial score (nSPS) is 12.2. The lowest BCUT2D eigenvalue weighted by Gasteiger charge is -2.11. The number of nitrogens with one attached hydrogen (secondary N) is 1. The molecule has 2 rings (SSSR count). The standard InChI is InChI=1S/C15H19N3/c1-11-8-14(12(2)16)10-18-15(11)17-9-13-6-4-3-5-7-13/h3-8,10,12H,9,16H2,1-2H3,(H,17,18)/t12-/m0/s1. The molecule has 0 fully saturated rings. The van der Waals surface area contributed by atoms with Crippen molar-refractivity contribution >= 4 is 5.82 Å². The summed E-state index contributed by atoms with van der Waals surface area (Å²) in [5.74, 6) is 0.920. The summed E-state index contributed by atoms with van der Waals surface area (Å²) >= 11 is 0. The minimum Gasteiger partial charge on any atom is -0.366 e. The monoisotopic (exact) mass is 241 g/mol. The molecule has 0 radical (unpaired) electrons. The van der Waals surface area contributed by atoms with Crippen molar-refractivity contribution in [2.45, 2.75) is 26.4 Å². The van der Waals surface area contributed by atoms with E-state index in [1.807, 2.05) is 38.2 Å². The predicted octanol–water partition coefficient (Wildman–Crippen LogP) is 3.02. The Balaban J connectivity index is 2.06. The molecule has 1 aromatic heterocycles. The van der Waals surface area contributed by atoms with Gasteiger partial charge in [-0.05, 0) is 36.6 Å². The van der Waals surface area contributed by atoms with Crippen LogP contribution in [-0.4, -0.2) is 4.98 Å². The molecule has 0 aliphatic heterocycles. The van der Waals surface area contributed by atoms with Crippen LogP contribution < -0.4 is 11.1 Å². The van der Waals surface area contributed by atoms with Gasteiger partial charge in [0.25, 0.3) is 0 Å². The van der Waals surface area contributed by atoms with Gasteiger partial charge >= 0.3 is 0 Å². The fourth-order valence-electron chi connectivity index (χ4n) is 1.81. The first-order valence-corrected chi connectivity index (χ1v) is 6.16. The average molecular weight is 241 g/mol. The maximum absolute atomic E-state index is 5.84. The number of aryl methyl sites for hydroxylation is 1. The Morgan fingerprint density at radius 2 is 2.00 bits per heavy atom. The van der Waals surface area contributed by atoms with Crippen LogP contribution in [0.25, 0.3) is 0 Å². The number of pyridine rings is 1. The smallest absolute Gasteiger partial charge is 0.129 e. The van der Waals surface area contributed by atoms with Crippen molar-refractivity contribution in [1.29, 1.82) is 0 Å². The van der Waals surface area contributed by atoms with Crippen molar-refractivity contribution < 1.29 is 0 Å². The van der Waals surface area contributed by atoms with Gasteiger partial charge in [0.15, 0.2) is 0 Å². The molecule has 2 aromatic rings. The lowest BCUT2D eigenvalue weighted by Crippen LogP contribution is -2.08. The van der Waals surface area contributed by atoms with Crippen LogP contribution in [0.5, 0.6) is 0 Å². The number of nitrogens with zero attached hydrogens (tertiary/aromatic N) is 1. The van der Waals surface area contributed by atoms with E-state index in [4.69, 9.17) is 5.73 Å². The lowest BCUT2D eigenvalue weighted by atomic mass is 10.1. The Labute approximate surface area is 108 Å². The minimum absolute atomic E-state index is 0.0272. The number of hydrogen-bond donors (Lipinski definition) is 2. The molecular weight excluding hydrogens is 222 g/mol. The Kier molecular flexibility index (Phi) is 3.95. The largest absolute Gasteiger partial charge is 0.366 e. The van der Waals surface area contributed by atoms with Crippen molar-refractivity contribution in [3.63, 3.8) is 0 Å².